The van der Waals surface area contributed by atoms with Crippen LogP contribution in [0, 0.1) is 0 Å². The lowest BCUT2D eigenvalue weighted by Crippen LogP contribution is -2.34. The number of anilines is 1. The van der Waals surface area contributed by atoms with Crippen molar-refractivity contribution in [3.8, 4) is 0 Å². The molecule has 0 aromatic heterocycles. The molecule has 0 radical (unpaired) electrons. The van der Waals surface area contributed by atoms with Gasteiger partial charge in [0.25, 0.3) is 0 Å². The first-order chi connectivity index (χ1) is 11.7. The molecule has 1 N–H and O–H groups in total. The van der Waals surface area contributed by atoms with Gasteiger partial charge in [-0.15, -0.1) is 0 Å². The van der Waals surface area contributed by atoms with Gasteiger partial charge in [-0.05, 0) is 35.5 Å². The average Bonchev–Trinajstić information content (AvgIpc) is 2.61. The van der Waals surface area contributed by atoms with Crippen LogP contribution in [0.5, 0.6) is 0 Å². The molecule has 1 aliphatic heterocycles. The summed E-state index contributed by atoms with van der Waals surface area (Å²) in [5.41, 5.74) is 3.13. The van der Waals surface area contributed by atoms with Gasteiger partial charge in [0.15, 0.2) is 0 Å². The van der Waals surface area contributed by atoms with Crippen molar-refractivity contribution in [2.45, 2.75) is 13.0 Å². The molecule has 4 heteroatoms. The van der Waals surface area contributed by atoms with Gasteiger partial charge >= 0.3 is 0 Å². The number of morpholine rings is 1. The zero-order valence-electron chi connectivity index (χ0n) is 13.8. The van der Waals surface area contributed by atoms with Crippen molar-refractivity contribution in [3.05, 3.63) is 71.9 Å². The van der Waals surface area contributed by atoms with Gasteiger partial charge in [0.2, 0.25) is 5.91 Å². The molecule has 1 aliphatic rings. The van der Waals surface area contributed by atoms with Crippen molar-refractivity contribution in [3.63, 3.8) is 0 Å². The lowest BCUT2D eigenvalue weighted by molar-refractivity contribution is -0.114. The van der Waals surface area contributed by atoms with Crippen molar-refractivity contribution in [2.75, 3.05) is 25.0 Å². The van der Waals surface area contributed by atoms with Crippen LogP contribution in [0.1, 0.15) is 24.2 Å². The number of carbonyl (C=O) groups is 1. The Balaban J connectivity index is 1.62. The molecule has 0 aliphatic carbocycles. The molecule has 3 rings (SSSR count). The quantitative estimate of drug-likeness (QED) is 0.933. The number of rotatable bonds is 4. The molecule has 0 bridgehead atoms. The molecule has 0 spiro atoms. The third kappa shape index (κ3) is 4.46. The zero-order chi connectivity index (χ0) is 16.8. The highest BCUT2D eigenvalue weighted by atomic mass is 16.5. The monoisotopic (exact) mass is 322 g/mol. The topological polar surface area (TPSA) is 41.6 Å². The molecule has 1 fully saturated rings. The molecule has 2 aromatic carbocycles. The summed E-state index contributed by atoms with van der Waals surface area (Å²) in [6.45, 7) is 3.93. The first kappa shape index (κ1) is 16.3. The van der Waals surface area contributed by atoms with Gasteiger partial charge in [0.1, 0.15) is 0 Å². The summed E-state index contributed by atoms with van der Waals surface area (Å²) in [6.07, 6.45) is 4.31. The number of nitrogens with one attached hydrogen (secondary N) is 1. The van der Waals surface area contributed by atoms with Gasteiger partial charge in [-0.1, -0.05) is 42.5 Å². The van der Waals surface area contributed by atoms with E-state index in [-0.39, 0.29) is 12.0 Å². The Hall–Kier alpha value is -2.59. The fraction of sp³-hybridized carbons (Fsp3) is 0.250. The Morgan fingerprint density at radius 2 is 1.92 bits per heavy atom. The molecule has 0 unspecified atom stereocenters. The first-order valence-corrected chi connectivity index (χ1v) is 8.17. The van der Waals surface area contributed by atoms with Gasteiger partial charge in [0.05, 0.1) is 12.7 Å². The lowest BCUT2D eigenvalue weighted by Gasteiger charge is -2.32. The largest absolute Gasteiger partial charge is 0.372 e. The smallest absolute Gasteiger partial charge is 0.221 e. The number of hydrogen-bond acceptors (Lipinski definition) is 3. The molecule has 1 atom stereocenters. The Labute approximate surface area is 142 Å². The van der Waals surface area contributed by atoms with E-state index >= 15 is 0 Å². The van der Waals surface area contributed by atoms with Gasteiger partial charge in [-0.25, -0.2) is 0 Å². The van der Waals surface area contributed by atoms with Crippen molar-refractivity contribution in [1.82, 2.24) is 4.90 Å². The fourth-order valence-electron chi connectivity index (χ4n) is 2.75. The predicted molar refractivity (Wildman–Crippen MR) is 96.5 cm³/mol. The van der Waals surface area contributed by atoms with Crippen molar-refractivity contribution >= 4 is 17.7 Å². The van der Waals surface area contributed by atoms with Crippen LogP contribution in [-0.4, -0.2) is 30.5 Å². The molecule has 1 saturated heterocycles. The molecule has 4 nitrogen and oxygen atoms in total. The van der Waals surface area contributed by atoms with E-state index in [4.69, 9.17) is 4.74 Å². The second kappa shape index (κ2) is 7.79. The lowest BCUT2D eigenvalue weighted by atomic mass is 10.1. The average molecular weight is 322 g/mol. The van der Waals surface area contributed by atoms with E-state index in [1.54, 1.807) is 0 Å². The van der Waals surface area contributed by atoms with E-state index in [2.05, 4.69) is 34.6 Å². The van der Waals surface area contributed by atoms with Crippen LogP contribution in [0.3, 0.4) is 0 Å². The van der Waals surface area contributed by atoms with E-state index in [0.29, 0.717) is 6.61 Å². The first-order valence-electron chi connectivity index (χ1n) is 8.17. The number of carbonyl (C=O) groups excluding carboxylic acids is 1. The summed E-state index contributed by atoms with van der Waals surface area (Å²) in [7, 11) is 0. The normalized spacial score (nSPS) is 17.9. The molecular weight excluding hydrogens is 300 g/mol. The van der Waals surface area contributed by atoms with E-state index in [9.17, 15) is 4.79 Å². The van der Waals surface area contributed by atoms with Crippen molar-refractivity contribution in [1.29, 1.82) is 0 Å². The minimum atomic E-state index is -0.0612. The van der Waals surface area contributed by atoms with Gasteiger partial charge < -0.3 is 15.0 Å². The van der Waals surface area contributed by atoms with E-state index in [0.717, 1.165) is 24.3 Å². The van der Waals surface area contributed by atoms with Crippen LogP contribution >= 0.6 is 0 Å². The van der Waals surface area contributed by atoms with E-state index in [1.165, 1.54) is 12.5 Å². The molecule has 124 valence electrons. The summed E-state index contributed by atoms with van der Waals surface area (Å²) in [4.78, 5) is 13.4. The summed E-state index contributed by atoms with van der Waals surface area (Å²) >= 11 is 0. The minimum Gasteiger partial charge on any atom is -0.372 e. The molecule has 2 aromatic rings. The van der Waals surface area contributed by atoms with Gasteiger partial charge in [0, 0.05) is 25.7 Å². The maximum absolute atomic E-state index is 11.1. The van der Waals surface area contributed by atoms with Crippen molar-refractivity contribution < 1.29 is 9.53 Å². The van der Waals surface area contributed by atoms with Crippen LogP contribution in [0.15, 0.2) is 60.8 Å². The third-order valence-electron chi connectivity index (χ3n) is 3.98. The SMILES string of the molecule is CC(=O)Nc1ccc([C@H]2CN(C=Cc3ccccc3)CCO2)cc1. The second-order valence-electron chi connectivity index (χ2n) is 5.88. The summed E-state index contributed by atoms with van der Waals surface area (Å²) < 4.78 is 5.90. The Kier molecular flexibility index (Phi) is 5.29. The van der Waals surface area contributed by atoms with Gasteiger partial charge in [-0.3, -0.25) is 4.79 Å². The zero-order valence-corrected chi connectivity index (χ0v) is 13.8. The number of hydrogen-bond donors (Lipinski definition) is 1. The van der Waals surface area contributed by atoms with Crippen LogP contribution in [0.25, 0.3) is 6.08 Å². The minimum absolute atomic E-state index is 0.0468. The standard InChI is InChI=1S/C20H22N2O2/c1-16(23)21-19-9-7-18(8-10-19)20-15-22(13-14-24-20)12-11-17-5-3-2-4-6-17/h2-12,20H,13-15H2,1H3,(H,21,23)/t20-/m1/s1. The van der Waals surface area contributed by atoms with Crippen LogP contribution in [-0.2, 0) is 9.53 Å². The highest BCUT2D eigenvalue weighted by molar-refractivity contribution is 5.88. The number of amides is 1. The number of ether oxygens (including phenoxy) is 1. The van der Waals surface area contributed by atoms with E-state index in [1.807, 2.05) is 42.5 Å². The maximum Gasteiger partial charge on any atom is 0.221 e. The summed E-state index contributed by atoms with van der Waals surface area (Å²) in [5.74, 6) is -0.0612. The second-order valence-corrected chi connectivity index (χ2v) is 5.88. The highest BCUT2D eigenvalue weighted by Crippen LogP contribution is 2.24. The van der Waals surface area contributed by atoms with Crippen LogP contribution in [0.4, 0.5) is 5.69 Å². The molecule has 0 saturated carbocycles. The van der Waals surface area contributed by atoms with E-state index < -0.39 is 0 Å². The highest BCUT2D eigenvalue weighted by Gasteiger charge is 2.19. The Morgan fingerprint density at radius 3 is 2.62 bits per heavy atom. The fourth-order valence-corrected chi connectivity index (χ4v) is 2.75. The summed E-state index contributed by atoms with van der Waals surface area (Å²) in [6, 6.07) is 18.1. The van der Waals surface area contributed by atoms with Gasteiger partial charge in [-0.2, -0.15) is 0 Å². The molecular formula is C20H22N2O2. The van der Waals surface area contributed by atoms with Crippen LogP contribution in [0.2, 0.25) is 0 Å². The third-order valence-corrected chi connectivity index (χ3v) is 3.98. The summed E-state index contributed by atoms with van der Waals surface area (Å²) in [5, 5.41) is 2.78. The molecule has 24 heavy (non-hydrogen) atoms. The Bertz CT molecular complexity index is 695. The maximum atomic E-state index is 11.1. The molecule has 1 heterocycles. The van der Waals surface area contributed by atoms with Crippen molar-refractivity contribution in [2.24, 2.45) is 0 Å². The Morgan fingerprint density at radius 1 is 1.17 bits per heavy atom. The predicted octanol–water partition coefficient (Wildman–Crippen LogP) is 3.69. The number of benzene rings is 2. The van der Waals surface area contributed by atoms with Crippen LogP contribution < -0.4 is 5.32 Å². The number of nitrogens with zero attached hydrogens (tertiary/aromatic N) is 1. The molecule has 1 amide bonds.